The zero-order chi connectivity index (χ0) is 17.2. The van der Waals surface area contributed by atoms with Gasteiger partial charge in [0, 0.05) is 44.1 Å². The molecular weight excluding hydrogens is 322 g/mol. The van der Waals surface area contributed by atoms with Gasteiger partial charge in [0.25, 0.3) is 11.8 Å². The first-order chi connectivity index (χ1) is 12.2. The van der Waals surface area contributed by atoms with E-state index in [2.05, 4.69) is 4.98 Å². The first kappa shape index (κ1) is 15.6. The summed E-state index contributed by atoms with van der Waals surface area (Å²) in [6.45, 7) is 3.11. The van der Waals surface area contributed by atoms with Crippen molar-refractivity contribution >= 4 is 11.8 Å². The lowest BCUT2D eigenvalue weighted by molar-refractivity contribution is 0.0535. The Hall–Kier alpha value is -2.96. The maximum atomic E-state index is 12.7. The number of nitrogens with one attached hydrogen (secondary N) is 1. The fourth-order valence-corrected chi connectivity index (χ4v) is 3.11. The van der Waals surface area contributed by atoms with Crippen LogP contribution in [0.4, 0.5) is 0 Å². The van der Waals surface area contributed by atoms with Gasteiger partial charge in [-0.25, -0.2) is 0 Å². The van der Waals surface area contributed by atoms with Gasteiger partial charge in [-0.15, -0.1) is 0 Å². The maximum absolute atomic E-state index is 12.7. The smallest absolute Gasteiger partial charge is 0.255 e. The van der Waals surface area contributed by atoms with Crippen LogP contribution in [-0.2, 0) is 0 Å². The van der Waals surface area contributed by atoms with Crippen LogP contribution < -0.4 is 9.47 Å². The molecule has 130 valence electrons. The van der Waals surface area contributed by atoms with Gasteiger partial charge in [-0.3, -0.25) is 9.59 Å². The molecule has 3 heterocycles. The normalized spacial score (nSPS) is 16.6. The number of fused-ring (bicyclic) bond motifs is 1. The molecule has 0 spiro atoms. The zero-order valence-electron chi connectivity index (χ0n) is 13.7. The van der Waals surface area contributed by atoms with Crippen molar-refractivity contribution in [1.82, 2.24) is 14.8 Å². The van der Waals surface area contributed by atoms with Crippen molar-refractivity contribution in [3.63, 3.8) is 0 Å². The summed E-state index contributed by atoms with van der Waals surface area (Å²) < 4.78 is 11.0. The van der Waals surface area contributed by atoms with Crippen LogP contribution in [0.25, 0.3) is 0 Å². The molecular formula is C18H19N3O4. The predicted octanol–water partition coefficient (Wildman–Crippen LogP) is 1.38. The second kappa shape index (κ2) is 6.51. The van der Waals surface area contributed by atoms with Crippen LogP contribution in [0.2, 0.25) is 0 Å². The van der Waals surface area contributed by atoms with Gasteiger partial charge in [0.05, 0.1) is 5.56 Å². The van der Waals surface area contributed by atoms with E-state index in [0.29, 0.717) is 62.0 Å². The minimum absolute atomic E-state index is 0.00678. The Kier molecular flexibility index (Phi) is 4.05. The summed E-state index contributed by atoms with van der Waals surface area (Å²) in [5.74, 6) is 1.22. The van der Waals surface area contributed by atoms with E-state index in [9.17, 15) is 9.59 Å². The molecule has 1 N–H and O–H groups in total. The number of ether oxygens (including phenoxy) is 2. The van der Waals surface area contributed by atoms with Crippen molar-refractivity contribution < 1.29 is 19.1 Å². The van der Waals surface area contributed by atoms with Crippen LogP contribution in [0, 0.1) is 0 Å². The van der Waals surface area contributed by atoms with Crippen molar-refractivity contribution in [2.24, 2.45) is 0 Å². The number of benzene rings is 1. The molecule has 1 saturated heterocycles. The molecule has 1 aromatic carbocycles. The topological polar surface area (TPSA) is 74.9 Å². The molecule has 7 nitrogen and oxygen atoms in total. The van der Waals surface area contributed by atoms with E-state index in [-0.39, 0.29) is 11.8 Å². The van der Waals surface area contributed by atoms with Crippen LogP contribution in [0.3, 0.4) is 0 Å². The van der Waals surface area contributed by atoms with Gasteiger partial charge < -0.3 is 24.3 Å². The number of rotatable bonds is 2. The number of hydrogen-bond donors (Lipinski definition) is 1. The lowest BCUT2D eigenvalue weighted by atomic mass is 10.1. The SMILES string of the molecule is O=C(c1cc[nH]c1)N1CCN(C(=O)c2ccc3c(c2)OCCO3)CC1. The summed E-state index contributed by atoms with van der Waals surface area (Å²) >= 11 is 0. The van der Waals surface area contributed by atoms with Gasteiger partial charge in [0.1, 0.15) is 13.2 Å². The number of carbonyl (C=O) groups excluding carboxylic acids is 2. The first-order valence-electron chi connectivity index (χ1n) is 8.33. The molecule has 0 bridgehead atoms. The lowest BCUT2D eigenvalue weighted by Gasteiger charge is -2.34. The first-order valence-corrected chi connectivity index (χ1v) is 8.33. The molecule has 0 saturated carbocycles. The fraction of sp³-hybridized carbons (Fsp3) is 0.333. The second-order valence-corrected chi connectivity index (χ2v) is 6.04. The highest BCUT2D eigenvalue weighted by Gasteiger charge is 2.26. The molecule has 2 aromatic rings. The Bertz CT molecular complexity index is 780. The molecule has 25 heavy (non-hydrogen) atoms. The molecule has 0 aliphatic carbocycles. The molecule has 7 heteroatoms. The summed E-state index contributed by atoms with van der Waals surface area (Å²) in [6.07, 6.45) is 3.42. The van der Waals surface area contributed by atoms with Crippen LogP contribution >= 0.6 is 0 Å². The average Bonchev–Trinajstić information content (AvgIpc) is 3.21. The van der Waals surface area contributed by atoms with E-state index in [1.54, 1.807) is 46.5 Å². The van der Waals surface area contributed by atoms with Gasteiger partial charge in [0.15, 0.2) is 11.5 Å². The number of aromatic amines is 1. The Morgan fingerprint density at radius 1 is 0.840 bits per heavy atom. The van der Waals surface area contributed by atoms with Crippen molar-refractivity contribution in [1.29, 1.82) is 0 Å². The fourth-order valence-electron chi connectivity index (χ4n) is 3.11. The minimum atomic E-state index is -0.0503. The van der Waals surface area contributed by atoms with Crippen LogP contribution in [-0.4, -0.2) is 66.0 Å². The quantitative estimate of drug-likeness (QED) is 0.896. The second-order valence-electron chi connectivity index (χ2n) is 6.04. The van der Waals surface area contributed by atoms with Crippen LogP contribution in [0.1, 0.15) is 20.7 Å². The number of hydrogen-bond acceptors (Lipinski definition) is 4. The van der Waals surface area contributed by atoms with Crippen molar-refractivity contribution in [3.8, 4) is 11.5 Å². The van der Waals surface area contributed by atoms with Gasteiger partial charge >= 0.3 is 0 Å². The van der Waals surface area contributed by atoms with Crippen molar-refractivity contribution in [2.75, 3.05) is 39.4 Å². The molecule has 1 fully saturated rings. The van der Waals surface area contributed by atoms with E-state index in [1.807, 2.05) is 0 Å². The summed E-state index contributed by atoms with van der Waals surface area (Å²) in [6, 6.07) is 7.02. The largest absolute Gasteiger partial charge is 0.486 e. The van der Waals surface area contributed by atoms with E-state index in [0.717, 1.165) is 0 Å². The summed E-state index contributed by atoms with van der Waals surface area (Å²) in [5.41, 5.74) is 1.22. The van der Waals surface area contributed by atoms with Gasteiger partial charge in [-0.1, -0.05) is 0 Å². The zero-order valence-corrected chi connectivity index (χ0v) is 13.7. The molecule has 0 radical (unpaired) electrons. The monoisotopic (exact) mass is 341 g/mol. The number of carbonyl (C=O) groups is 2. The third-order valence-corrected chi connectivity index (χ3v) is 4.49. The Balaban J connectivity index is 1.40. The molecule has 2 aliphatic rings. The lowest BCUT2D eigenvalue weighted by Crippen LogP contribution is -2.50. The highest BCUT2D eigenvalue weighted by molar-refractivity contribution is 5.96. The molecule has 2 aliphatic heterocycles. The Morgan fingerprint density at radius 3 is 2.12 bits per heavy atom. The third-order valence-electron chi connectivity index (χ3n) is 4.49. The Morgan fingerprint density at radius 2 is 1.48 bits per heavy atom. The summed E-state index contributed by atoms with van der Waals surface area (Å²) in [7, 11) is 0. The van der Waals surface area contributed by atoms with Crippen LogP contribution in [0.5, 0.6) is 11.5 Å². The number of H-pyrrole nitrogens is 1. The standard InChI is InChI=1S/C18H19N3O4/c22-17(13-1-2-15-16(11-13)25-10-9-24-15)20-5-7-21(8-6-20)18(23)14-3-4-19-12-14/h1-4,11-12,19H,5-10H2. The molecule has 0 atom stereocenters. The maximum Gasteiger partial charge on any atom is 0.255 e. The minimum Gasteiger partial charge on any atom is -0.486 e. The van der Waals surface area contributed by atoms with Crippen molar-refractivity contribution in [2.45, 2.75) is 0 Å². The van der Waals surface area contributed by atoms with Gasteiger partial charge in [-0.05, 0) is 24.3 Å². The van der Waals surface area contributed by atoms with Crippen LogP contribution in [0.15, 0.2) is 36.7 Å². The van der Waals surface area contributed by atoms with E-state index >= 15 is 0 Å². The number of piperazine rings is 1. The number of nitrogens with zero attached hydrogens (tertiary/aromatic N) is 2. The van der Waals surface area contributed by atoms with E-state index in [4.69, 9.17) is 9.47 Å². The van der Waals surface area contributed by atoms with Gasteiger partial charge in [0.2, 0.25) is 0 Å². The number of aromatic nitrogens is 1. The average molecular weight is 341 g/mol. The summed E-state index contributed by atoms with van der Waals surface area (Å²) in [5, 5.41) is 0. The molecule has 2 amide bonds. The van der Waals surface area contributed by atoms with Gasteiger partial charge in [-0.2, -0.15) is 0 Å². The Labute approximate surface area is 145 Å². The van der Waals surface area contributed by atoms with E-state index in [1.165, 1.54) is 0 Å². The molecule has 1 aromatic heterocycles. The summed E-state index contributed by atoms with van der Waals surface area (Å²) in [4.78, 5) is 31.5. The van der Waals surface area contributed by atoms with Crippen molar-refractivity contribution in [3.05, 3.63) is 47.8 Å². The van der Waals surface area contributed by atoms with E-state index < -0.39 is 0 Å². The molecule has 0 unspecified atom stereocenters. The molecule has 4 rings (SSSR count). The third kappa shape index (κ3) is 3.05. The predicted molar refractivity (Wildman–Crippen MR) is 90.0 cm³/mol. The highest BCUT2D eigenvalue weighted by atomic mass is 16.6. The highest BCUT2D eigenvalue weighted by Crippen LogP contribution is 2.31. The number of amides is 2.